The van der Waals surface area contributed by atoms with Crippen LogP contribution in [0, 0.1) is 13.8 Å². The monoisotopic (exact) mass is 560 g/mol. The standard InChI is InChI=1S/C35H36N4O3/c1-8-23-19(4)27-14-28-21(6)25(11-10-18(3)40)33(38-28)17-34-26(12-13-35(41)42)22(7)30(39-34)16-32-24(9-2)20(5)29(37-32)15-31(23)36-27/h8-9,14-17,36-37H,1-2,10-13H2,3-7H3,(H,41,42). The van der Waals surface area contributed by atoms with Gasteiger partial charge in [0.1, 0.15) is 5.78 Å². The Kier molecular flexibility index (Phi) is 7.69. The summed E-state index contributed by atoms with van der Waals surface area (Å²) in [5.41, 5.74) is 14.6. The van der Waals surface area contributed by atoms with Crippen molar-refractivity contribution >= 4 is 68.3 Å². The second-order valence-electron chi connectivity index (χ2n) is 11.0. The molecule has 42 heavy (non-hydrogen) atoms. The lowest BCUT2D eigenvalue weighted by atomic mass is 9.98. The van der Waals surface area contributed by atoms with Crippen molar-refractivity contribution in [1.82, 2.24) is 19.9 Å². The van der Waals surface area contributed by atoms with Gasteiger partial charge in [-0.3, -0.25) is 4.79 Å². The lowest BCUT2D eigenvalue weighted by molar-refractivity contribution is -0.136. The molecule has 8 bridgehead atoms. The van der Waals surface area contributed by atoms with Crippen LogP contribution in [-0.4, -0.2) is 36.8 Å². The van der Waals surface area contributed by atoms with Crippen molar-refractivity contribution in [2.45, 2.75) is 60.3 Å². The maximum absolute atomic E-state index is 12.0. The predicted molar refractivity (Wildman–Crippen MR) is 172 cm³/mol. The summed E-state index contributed by atoms with van der Waals surface area (Å²) < 4.78 is 0. The smallest absolute Gasteiger partial charge is 0.303 e. The van der Waals surface area contributed by atoms with Crippen molar-refractivity contribution in [3.8, 4) is 0 Å². The number of aromatic nitrogens is 4. The normalized spacial score (nSPS) is 13.1. The Balaban J connectivity index is 1.93. The van der Waals surface area contributed by atoms with Gasteiger partial charge in [-0.05, 0) is 105 Å². The first-order valence-electron chi connectivity index (χ1n) is 14.1. The summed E-state index contributed by atoms with van der Waals surface area (Å²) in [5, 5.41) is 9.47. The van der Waals surface area contributed by atoms with Crippen LogP contribution >= 0.6 is 0 Å². The van der Waals surface area contributed by atoms with E-state index in [9.17, 15) is 14.7 Å². The van der Waals surface area contributed by atoms with Gasteiger partial charge in [0.15, 0.2) is 0 Å². The first-order valence-corrected chi connectivity index (χ1v) is 14.1. The number of rotatable bonds is 8. The van der Waals surface area contributed by atoms with Crippen molar-refractivity contribution in [3.63, 3.8) is 0 Å². The lowest BCUT2D eigenvalue weighted by Crippen LogP contribution is -1.96. The minimum absolute atomic E-state index is 0.00498. The number of ketones is 1. The van der Waals surface area contributed by atoms with Crippen LogP contribution in [0.15, 0.2) is 37.4 Å². The Morgan fingerprint density at radius 1 is 0.714 bits per heavy atom. The number of H-pyrrole nitrogens is 2. The van der Waals surface area contributed by atoms with E-state index < -0.39 is 5.97 Å². The molecule has 0 radical (unpaired) electrons. The summed E-state index contributed by atoms with van der Waals surface area (Å²) in [6, 6.07) is 8.09. The molecular formula is C35H36N4O3. The summed E-state index contributed by atoms with van der Waals surface area (Å²) >= 11 is 0. The third-order valence-corrected chi connectivity index (χ3v) is 8.36. The zero-order valence-corrected chi connectivity index (χ0v) is 24.9. The molecule has 5 heterocycles. The van der Waals surface area contributed by atoms with E-state index in [4.69, 9.17) is 9.97 Å². The number of carboxylic acids is 1. The third kappa shape index (κ3) is 5.18. The first kappa shape index (κ1) is 28.7. The number of aryl methyl sites for hydroxylation is 2. The van der Waals surface area contributed by atoms with E-state index in [1.54, 1.807) is 6.92 Å². The van der Waals surface area contributed by atoms with Crippen LogP contribution in [0.5, 0.6) is 0 Å². The van der Waals surface area contributed by atoms with Crippen LogP contribution in [0.25, 0.3) is 56.5 Å². The molecule has 2 aliphatic heterocycles. The number of carbonyl (C=O) groups excluding carboxylic acids is 1. The Morgan fingerprint density at radius 2 is 1.17 bits per heavy atom. The van der Waals surface area contributed by atoms with Crippen molar-refractivity contribution < 1.29 is 14.7 Å². The number of aliphatic carboxylic acids is 1. The SMILES string of the molecule is C=Cc1c(C)c2cc3[nH]c(cc4nc(cc5nc(cc1[nH]2)C(C)=C5CCC(=O)O)C(CCC(C)=O)=C4C)c(C)c3C=C. The summed E-state index contributed by atoms with van der Waals surface area (Å²) in [6.45, 7) is 17.9. The first-order chi connectivity index (χ1) is 20.0. The molecule has 0 spiro atoms. The Labute approximate surface area is 245 Å². The van der Waals surface area contributed by atoms with Crippen LogP contribution < -0.4 is 0 Å². The molecule has 0 aliphatic carbocycles. The average Bonchev–Trinajstić information content (AvgIpc) is 3.59. The van der Waals surface area contributed by atoms with Crippen molar-refractivity contribution in [3.05, 3.63) is 82.5 Å². The van der Waals surface area contributed by atoms with Gasteiger partial charge < -0.3 is 19.9 Å². The van der Waals surface area contributed by atoms with E-state index in [1.807, 2.05) is 44.2 Å². The minimum atomic E-state index is -0.861. The molecule has 7 nitrogen and oxygen atoms in total. The molecule has 0 unspecified atom stereocenters. The van der Waals surface area contributed by atoms with E-state index in [1.165, 1.54) is 0 Å². The van der Waals surface area contributed by atoms with Gasteiger partial charge in [-0.1, -0.05) is 25.3 Å². The summed E-state index contributed by atoms with van der Waals surface area (Å²) in [6.07, 6.45) is 5.01. The highest BCUT2D eigenvalue weighted by molar-refractivity contribution is 5.97. The summed E-state index contributed by atoms with van der Waals surface area (Å²) in [4.78, 5) is 40.7. The second-order valence-corrected chi connectivity index (χ2v) is 11.0. The van der Waals surface area contributed by atoms with Crippen LogP contribution in [0.3, 0.4) is 0 Å². The highest BCUT2D eigenvalue weighted by Crippen LogP contribution is 2.38. The number of nitrogens with one attached hydrogen (secondary N) is 2. The van der Waals surface area contributed by atoms with E-state index in [-0.39, 0.29) is 12.2 Å². The maximum Gasteiger partial charge on any atom is 0.303 e. The largest absolute Gasteiger partial charge is 0.481 e. The van der Waals surface area contributed by atoms with E-state index in [0.717, 1.165) is 83.7 Å². The van der Waals surface area contributed by atoms with Crippen LogP contribution in [0.4, 0.5) is 0 Å². The molecule has 0 saturated heterocycles. The van der Waals surface area contributed by atoms with Crippen molar-refractivity contribution in [1.29, 1.82) is 0 Å². The number of Topliss-reactive ketones (excluding diaryl/α,β-unsaturated/α-hetero) is 1. The molecular weight excluding hydrogens is 524 g/mol. The minimum Gasteiger partial charge on any atom is -0.481 e. The Morgan fingerprint density at radius 3 is 1.64 bits per heavy atom. The number of hydrogen-bond donors (Lipinski definition) is 3. The Hall–Kier alpha value is -4.78. The average molecular weight is 561 g/mol. The third-order valence-electron chi connectivity index (χ3n) is 8.36. The number of hydrogen-bond acceptors (Lipinski definition) is 4. The number of allylic oxidation sites excluding steroid dienone is 4. The molecule has 3 aromatic rings. The van der Waals surface area contributed by atoms with Gasteiger partial charge in [0.25, 0.3) is 0 Å². The topological polar surface area (TPSA) is 112 Å². The van der Waals surface area contributed by atoms with Crippen LogP contribution in [0.1, 0.15) is 91.5 Å². The van der Waals surface area contributed by atoms with Gasteiger partial charge >= 0.3 is 5.97 Å². The van der Waals surface area contributed by atoms with Gasteiger partial charge in [-0.15, -0.1) is 0 Å². The molecule has 0 saturated carbocycles. The zero-order chi connectivity index (χ0) is 30.3. The highest BCUT2D eigenvalue weighted by Gasteiger charge is 2.22. The van der Waals surface area contributed by atoms with E-state index >= 15 is 0 Å². The maximum atomic E-state index is 12.0. The van der Waals surface area contributed by atoms with Crippen LogP contribution in [-0.2, 0) is 9.59 Å². The zero-order valence-electron chi connectivity index (χ0n) is 24.9. The number of nitrogens with zero attached hydrogens (tertiary/aromatic N) is 2. The molecule has 2 aliphatic rings. The number of carbonyl (C=O) groups is 2. The fourth-order valence-electron chi connectivity index (χ4n) is 5.84. The molecule has 0 aromatic carbocycles. The molecule has 0 atom stereocenters. The molecule has 3 N–H and O–H groups in total. The van der Waals surface area contributed by atoms with E-state index in [0.29, 0.717) is 25.0 Å². The molecule has 5 rings (SSSR count). The fraction of sp³-hybridized carbons (Fsp3) is 0.257. The molecule has 0 amide bonds. The number of carboxylic acid groups (broad SMARTS) is 1. The highest BCUT2D eigenvalue weighted by atomic mass is 16.4. The molecule has 7 heteroatoms. The van der Waals surface area contributed by atoms with Gasteiger partial charge in [0, 0.05) is 46.0 Å². The second kappa shape index (κ2) is 11.2. The quantitative estimate of drug-likeness (QED) is 0.256. The van der Waals surface area contributed by atoms with Crippen molar-refractivity contribution in [2.75, 3.05) is 0 Å². The van der Waals surface area contributed by atoms with Gasteiger partial charge in [0.05, 0.1) is 22.8 Å². The predicted octanol–water partition coefficient (Wildman–Crippen LogP) is 8.31. The van der Waals surface area contributed by atoms with Gasteiger partial charge in [-0.2, -0.15) is 0 Å². The Bertz CT molecular complexity index is 1910. The number of aromatic amines is 2. The van der Waals surface area contributed by atoms with E-state index in [2.05, 4.69) is 43.0 Å². The summed E-state index contributed by atoms with van der Waals surface area (Å²) in [5.74, 6) is -0.749. The van der Waals surface area contributed by atoms with Gasteiger partial charge in [0.2, 0.25) is 0 Å². The van der Waals surface area contributed by atoms with Crippen LogP contribution in [0.2, 0.25) is 0 Å². The number of fused-ring (bicyclic) bond motifs is 8. The van der Waals surface area contributed by atoms with Crippen molar-refractivity contribution in [2.24, 2.45) is 0 Å². The molecule has 0 fully saturated rings. The lowest BCUT2D eigenvalue weighted by Gasteiger charge is -2.05. The molecule has 3 aromatic heterocycles. The summed E-state index contributed by atoms with van der Waals surface area (Å²) in [7, 11) is 0. The fourth-order valence-corrected chi connectivity index (χ4v) is 5.84. The van der Waals surface area contributed by atoms with Gasteiger partial charge in [-0.25, -0.2) is 9.97 Å². The molecule has 214 valence electrons.